The smallest absolute Gasteiger partial charge is 0.227 e. The van der Waals surface area contributed by atoms with Gasteiger partial charge in [-0.05, 0) is 81.8 Å². The topological polar surface area (TPSA) is 88.4 Å². The van der Waals surface area contributed by atoms with E-state index in [-0.39, 0.29) is 23.8 Å². The second-order valence-corrected chi connectivity index (χ2v) is 10.6. The zero-order valence-corrected chi connectivity index (χ0v) is 18.3. The molecule has 0 saturated heterocycles. The lowest BCUT2D eigenvalue weighted by Crippen LogP contribution is -2.46. The average Bonchev–Trinajstić information content (AvgIpc) is 3.19. The number of carbonyl (C=O) groups is 1. The first-order valence-corrected chi connectivity index (χ1v) is 11.7. The second-order valence-electron chi connectivity index (χ2n) is 8.30. The fraction of sp³-hybridized carbons (Fsp3) is 0.500. The van der Waals surface area contributed by atoms with Crippen LogP contribution in [0.4, 0.5) is 5.69 Å². The molecule has 0 spiro atoms. The van der Waals surface area contributed by atoms with Crippen LogP contribution in [0.2, 0.25) is 0 Å². The summed E-state index contributed by atoms with van der Waals surface area (Å²) >= 11 is 0. The molecule has 2 aromatic rings. The number of sulfonamides is 1. The monoisotopic (exact) mass is 418 g/mol. The van der Waals surface area contributed by atoms with Gasteiger partial charge in [-0.2, -0.15) is 0 Å². The van der Waals surface area contributed by atoms with Crippen molar-refractivity contribution in [3.63, 3.8) is 0 Å². The van der Waals surface area contributed by atoms with Crippen LogP contribution in [-0.4, -0.2) is 25.6 Å². The molecule has 1 aliphatic carbocycles. The van der Waals surface area contributed by atoms with Gasteiger partial charge in [-0.1, -0.05) is 6.92 Å². The van der Waals surface area contributed by atoms with E-state index in [1.807, 2.05) is 44.2 Å². The van der Waals surface area contributed by atoms with Crippen molar-refractivity contribution in [2.75, 3.05) is 5.32 Å². The molecule has 0 aliphatic heterocycles. The third-order valence-corrected chi connectivity index (χ3v) is 7.64. The maximum absolute atomic E-state index is 12.8. The van der Waals surface area contributed by atoms with Gasteiger partial charge in [0.2, 0.25) is 15.9 Å². The number of benzene rings is 1. The fourth-order valence-corrected chi connectivity index (χ4v) is 4.84. The molecule has 1 saturated carbocycles. The summed E-state index contributed by atoms with van der Waals surface area (Å²) in [6.07, 6.45) is 3.65. The quantitative estimate of drug-likeness (QED) is 0.731. The van der Waals surface area contributed by atoms with Crippen molar-refractivity contribution >= 4 is 21.6 Å². The van der Waals surface area contributed by atoms with Gasteiger partial charge in [0.15, 0.2) is 0 Å². The Kier molecular flexibility index (Phi) is 6.49. The van der Waals surface area contributed by atoms with E-state index >= 15 is 0 Å². The minimum absolute atomic E-state index is 0.00383. The van der Waals surface area contributed by atoms with Gasteiger partial charge in [-0.3, -0.25) is 4.79 Å². The Morgan fingerprint density at radius 1 is 1.21 bits per heavy atom. The molecule has 1 aromatic carbocycles. The molecule has 6 nitrogen and oxygen atoms in total. The lowest BCUT2D eigenvalue weighted by atomic mass is 9.79. The third-order valence-electron chi connectivity index (χ3n) is 5.77. The van der Waals surface area contributed by atoms with Gasteiger partial charge in [0.05, 0.1) is 11.5 Å². The molecule has 0 radical (unpaired) electrons. The SMILES string of the molecule is Cc1cc(-c2ccco2)ccc1NC(=O)[C@@H]1CC[C@@H](NS(=O)(=O)C(C)C)C(C)C1. The van der Waals surface area contributed by atoms with E-state index in [0.717, 1.165) is 22.6 Å². The largest absolute Gasteiger partial charge is 0.464 e. The number of amides is 1. The van der Waals surface area contributed by atoms with Gasteiger partial charge in [-0.25, -0.2) is 13.1 Å². The van der Waals surface area contributed by atoms with Crippen LogP contribution in [0, 0.1) is 18.8 Å². The van der Waals surface area contributed by atoms with E-state index in [9.17, 15) is 13.2 Å². The number of nitrogens with one attached hydrogen (secondary N) is 2. The molecule has 1 fully saturated rings. The third kappa shape index (κ3) is 5.08. The van der Waals surface area contributed by atoms with Crippen molar-refractivity contribution in [3.05, 3.63) is 42.2 Å². The van der Waals surface area contributed by atoms with Gasteiger partial charge in [0.1, 0.15) is 5.76 Å². The first-order valence-electron chi connectivity index (χ1n) is 10.1. The number of hydrogen-bond acceptors (Lipinski definition) is 4. The maximum Gasteiger partial charge on any atom is 0.227 e. The van der Waals surface area contributed by atoms with Crippen molar-refractivity contribution in [3.8, 4) is 11.3 Å². The number of rotatable bonds is 6. The Labute approximate surface area is 173 Å². The molecule has 1 amide bonds. The Morgan fingerprint density at radius 2 is 1.97 bits per heavy atom. The molecule has 158 valence electrons. The molecule has 3 atom stereocenters. The van der Waals surface area contributed by atoms with Crippen molar-refractivity contribution in [2.24, 2.45) is 11.8 Å². The highest BCUT2D eigenvalue weighted by Gasteiger charge is 2.34. The van der Waals surface area contributed by atoms with E-state index in [2.05, 4.69) is 10.0 Å². The summed E-state index contributed by atoms with van der Waals surface area (Å²) in [6.45, 7) is 7.32. The summed E-state index contributed by atoms with van der Waals surface area (Å²) in [5, 5.41) is 2.59. The number of anilines is 1. The van der Waals surface area contributed by atoms with Crippen LogP contribution in [0.5, 0.6) is 0 Å². The Hall–Kier alpha value is -2.12. The minimum atomic E-state index is -3.30. The molecule has 1 heterocycles. The van der Waals surface area contributed by atoms with E-state index in [4.69, 9.17) is 4.42 Å². The highest BCUT2D eigenvalue weighted by Crippen LogP contribution is 2.32. The predicted molar refractivity (Wildman–Crippen MR) is 115 cm³/mol. The van der Waals surface area contributed by atoms with Crippen molar-refractivity contribution in [1.82, 2.24) is 4.72 Å². The molecule has 7 heteroatoms. The van der Waals surface area contributed by atoms with Crippen LogP contribution < -0.4 is 10.0 Å². The molecule has 1 aromatic heterocycles. The Morgan fingerprint density at radius 3 is 2.55 bits per heavy atom. The average molecular weight is 419 g/mol. The lowest BCUT2D eigenvalue weighted by Gasteiger charge is -2.34. The molecular weight excluding hydrogens is 388 g/mol. The summed E-state index contributed by atoms with van der Waals surface area (Å²) in [7, 11) is -3.30. The van der Waals surface area contributed by atoms with Crippen molar-refractivity contribution in [1.29, 1.82) is 0 Å². The minimum Gasteiger partial charge on any atom is -0.464 e. The van der Waals surface area contributed by atoms with Crippen molar-refractivity contribution in [2.45, 2.75) is 58.2 Å². The van der Waals surface area contributed by atoms with Crippen LogP contribution in [0.15, 0.2) is 41.0 Å². The first-order chi connectivity index (χ1) is 13.7. The second kappa shape index (κ2) is 8.71. The molecule has 29 heavy (non-hydrogen) atoms. The molecule has 1 aliphatic rings. The van der Waals surface area contributed by atoms with Crippen molar-refractivity contribution < 1.29 is 17.6 Å². The molecule has 0 bridgehead atoms. The van der Waals surface area contributed by atoms with Crippen LogP contribution in [-0.2, 0) is 14.8 Å². The normalized spacial score (nSPS) is 22.6. The number of hydrogen-bond donors (Lipinski definition) is 2. The van der Waals surface area contributed by atoms with Gasteiger partial charge in [0, 0.05) is 23.2 Å². The zero-order valence-electron chi connectivity index (χ0n) is 17.4. The number of carbonyl (C=O) groups excluding carboxylic acids is 1. The van der Waals surface area contributed by atoms with E-state index in [1.165, 1.54) is 0 Å². The van der Waals surface area contributed by atoms with Crippen LogP contribution in [0.25, 0.3) is 11.3 Å². The first kappa shape index (κ1) is 21.6. The summed E-state index contributed by atoms with van der Waals surface area (Å²) in [4.78, 5) is 12.8. The van der Waals surface area contributed by atoms with Crippen LogP contribution in [0.1, 0.15) is 45.6 Å². The van der Waals surface area contributed by atoms with Gasteiger partial charge in [-0.15, -0.1) is 0 Å². The summed E-state index contributed by atoms with van der Waals surface area (Å²) in [5.41, 5.74) is 2.73. The molecule has 1 unspecified atom stereocenters. The summed E-state index contributed by atoms with van der Waals surface area (Å²) in [6, 6.07) is 9.47. The standard InChI is InChI=1S/C22H30N2O4S/c1-14(2)29(26,27)24-20-10-8-18(13-16(20)4)22(25)23-19-9-7-17(12-15(19)3)21-6-5-11-28-21/h5-7,9,11-12,14,16,18,20,24H,8,10,13H2,1-4H3,(H,23,25)/t16?,18-,20-/m1/s1. The van der Waals surface area contributed by atoms with Gasteiger partial charge >= 0.3 is 0 Å². The Balaban J connectivity index is 1.61. The van der Waals surface area contributed by atoms with E-state index in [0.29, 0.717) is 19.3 Å². The van der Waals surface area contributed by atoms with E-state index in [1.54, 1.807) is 20.1 Å². The highest BCUT2D eigenvalue weighted by molar-refractivity contribution is 7.90. The predicted octanol–water partition coefficient (Wildman–Crippen LogP) is 4.33. The van der Waals surface area contributed by atoms with E-state index < -0.39 is 15.3 Å². The maximum atomic E-state index is 12.8. The molecular formula is C22H30N2O4S. The van der Waals surface area contributed by atoms with Crippen LogP contribution >= 0.6 is 0 Å². The summed E-state index contributed by atoms with van der Waals surface area (Å²) in [5.74, 6) is 0.780. The lowest BCUT2D eigenvalue weighted by molar-refractivity contribution is -0.121. The van der Waals surface area contributed by atoms with Gasteiger partial charge in [0.25, 0.3) is 0 Å². The molecule has 2 N–H and O–H groups in total. The highest BCUT2D eigenvalue weighted by atomic mass is 32.2. The molecule has 3 rings (SSSR count). The number of aryl methyl sites for hydroxylation is 1. The van der Waals surface area contributed by atoms with Gasteiger partial charge < -0.3 is 9.73 Å². The fourth-order valence-electron chi connectivity index (χ4n) is 3.79. The van der Waals surface area contributed by atoms with Crippen LogP contribution in [0.3, 0.4) is 0 Å². The summed E-state index contributed by atoms with van der Waals surface area (Å²) < 4.78 is 32.5. The zero-order chi connectivity index (χ0) is 21.2. The Bertz CT molecular complexity index is 951. The number of furan rings is 1.